The van der Waals surface area contributed by atoms with Gasteiger partial charge in [0.15, 0.2) is 5.82 Å². The number of carbonyl (C=O) groups is 5. The number of fused-ring (bicyclic) bond motifs is 4. The third-order valence-electron chi connectivity index (χ3n) is 11.0. The molecule has 5 heterocycles. The van der Waals surface area contributed by atoms with E-state index in [4.69, 9.17) is 50.5 Å². The van der Waals surface area contributed by atoms with Crippen LogP contribution in [0.15, 0.2) is 54.7 Å². The molecule has 4 amide bonds. The first-order chi connectivity index (χ1) is 33.7. The third-order valence-corrected chi connectivity index (χ3v) is 11.0. The molecule has 368 valence electrons. The van der Waals surface area contributed by atoms with Crippen LogP contribution in [0.1, 0.15) is 75.7 Å². The number of hydrogen-bond acceptors (Lipinski definition) is 14. The number of methoxy groups -OCH3 is 1. The Morgan fingerprint density at radius 2 is 1.41 bits per heavy atom. The number of carboxylic acids is 1. The van der Waals surface area contributed by atoms with E-state index in [1.165, 1.54) is 12.1 Å². The van der Waals surface area contributed by atoms with Gasteiger partial charge in [0.25, 0.3) is 5.91 Å². The monoisotopic (exact) mass is 961 g/mol. The number of hydrogen-bond donors (Lipinski definition) is 5. The van der Waals surface area contributed by atoms with Crippen LogP contribution in [-0.2, 0) is 40.4 Å². The maximum absolute atomic E-state index is 13.9. The number of carboxylic acid groups (broad SMARTS) is 1. The van der Waals surface area contributed by atoms with Gasteiger partial charge in [-0.3, -0.25) is 33.9 Å². The van der Waals surface area contributed by atoms with E-state index in [2.05, 4.69) is 20.8 Å². The largest absolute Gasteiger partial charge is 0.491 e. The smallest absolute Gasteiger partial charge is 0.407 e. The quantitative estimate of drug-likeness (QED) is 0.0404. The summed E-state index contributed by atoms with van der Waals surface area (Å²) in [6, 6.07) is 9.89. The van der Waals surface area contributed by atoms with Crippen molar-refractivity contribution in [3.8, 4) is 23.0 Å². The predicted molar refractivity (Wildman–Crippen MR) is 257 cm³/mol. The zero-order valence-electron chi connectivity index (χ0n) is 39.5. The van der Waals surface area contributed by atoms with Gasteiger partial charge in [-0.1, -0.05) is 12.2 Å². The number of alkyl carbamates (subject to hydrolysis) is 1. The number of aliphatic carboxylic acids is 1. The second-order valence-corrected chi connectivity index (χ2v) is 16.0. The number of allylic oxidation sites excluding steroid dienone is 2. The Labute approximate surface area is 400 Å². The SMILES string of the molecule is CCn1nc(C)cc1C(=O)Nc1nc2cc(C(N)=O)cc(OCCCNC(=O)OCCC(=O)O)c2n1CC=CCn1c2nc(-c3cc(C)nn3CC)ncc2c2cc(C(N)=O)cc(OCCCOC)c21. The van der Waals surface area contributed by atoms with Crippen LogP contribution in [0.3, 0.4) is 0 Å². The van der Waals surface area contributed by atoms with Gasteiger partial charge in [0.1, 0.15) is 40.7 Å². The van der Waals surface area contributed by atoms with Crippen LogP contribution in [0.4, 0.5) is 10.7 Å². The highest BCUT2D eigenvalue weighted by Gasteiger charge is 2.24. The Balaban J connectivity index is 1.28. The third kappa shape index (κ3) is 11.2. The Bertz CT molecular complexity index is 3130. The van der Waals surface area contributed by atoms with Crippen LogP contribution in [-0.4, -0.2) is 119 Å². The molecule has 0 aliphatic heterocycles. The van der Waals surface area contributed by atoms with Crippen molar-refractivity contribution in [2.24, 2.45) is 11.5 Å². The van der Waals surface area contributed by atoms with E-state index in [1.807, 2.05) is 48.2 Å². The highest BCUT2D eigenvalue weighted by Crippen LogP contribution is 2.37. The molecule has 5 aromatic heterocycles. The van der Waals surface area contributed by atoms with Crippen LogP contribution in [0.2, 0.25) is 0 Å². The number of aromatic nitrogens is 9. The summed E-state index contributed by atoms with van der Waals surface area (Å²) in [6.07, 6.45) is 5.25. The van der Waals surface area contributed by atoms with Crippen LogP contribution < -0.4 is 31.6 Å². The molecule has 0 fully saturated rings. The van der Waals surface area contributed by atoms with Crippen LogP contribution in [0.5, 0.6) is 11.5 Å². The average Bonchev–Trinajstić information content (AvgIpc) is 4.09. The minimum absolute atomic E-state index is 0.0496. The Hall–Kier alpha value is -8.34. The number of aryl methyl sites for hydroxylation is 4. The number of anilines is 1. The Morgan fingerprint density at radius 3 is 2.10 bits per heavy atom. The molecule has 0 aliphatic carbocycles. The van der Waals surface area contributed by atoms with E-state index in [0.717, 1.165) is 11.4 Å². The lowest BCUT2D eigenvalue weighted by Gasteiger charge is -2.13. The van der Waals surface area contributed by atoms with Crippen LogP contribution in [0, 0.1) is 13.8 Å². The van der Waals surface area contributed by atoms with Gasteiger partial charge in [0.2, 0.25) is 17.8 Å². The lowest BCUT2D eigenvalue weighted by molar-refractivity contribution is -0.137. The van der Waals surface area contributed by atoms with Gasteiger partial charge in [-0.25, -0.2) is 19.7 Å². The first-order valence-electron chi connectivity index (χ1n) is 22.6. The van der Waals surface area contributed by atoms with E-state index in [9.17, 15) is 24.0 Å². The number of benzene rings is 2. The zero-order chi connectivity index (χ0) is 50.1. The second kappa shape index (κ2) is 22.2. The number of rotatable bonds is 24. The molecular formula is C47H55N13O10. The number of imidazole rings is 1. The highest BCUT2D eigenvalue weighted by atomic mass is 16.5. The molecule has 0 saturated carbocycles. The number of nitrogens with two attached hydrogens (primary N) is 2. The van der Waals surface area contributed by atoms with Crippen molar-refractivity contribution in [1.82, 2.24) is 49.0 Å². The fourth-order valence-corrected chi connectivity index (χ4v) is 7.85. The molecule has 7 rings (SSSR count). The molecule has 0 atom stereocenters. The molecule has 7 N–H and O–H groups in total. The molecule has 0 bridgehead atoms. The maximum atomic E-state index is 13.9. The molecular weight excluding hydrogens is 907 g/mol. The molecule has 0 saturated heterocycles. The van der Waals surface area contributed by atoms with Crippen molar-refractivity contribution in [1.29, 1.82) is 0 Å². The zero-order valence-corrected chi connectivity index (χ0v) is 39.5. The second-order valence-electron chi connectivity index (χ2n) is 16.0. The van der Waals surface area contributed by atoms with Crippen molar-refractivity contribution >= 4 is 68.7 Å². The average molecular weight is 962 g/mol. The summed E-state index contributed by atoms with van der Waals surface area (Å²) >= 11 is 0. The molecule has 0 aliphatic rings. The number of carbonyl (C=O) groups excluding carboxylic acids is 4. The fraction of sp³-hybridized carbons (Fsp3) is 0.362. The minimum atomic E-state index is -1.10. The summed E-state index contributed by atoms with van der Waals surface area (Å²) in [6.45, 7) is 9.55. The fourth-order valence-electron chi connectivity index (χ4n) is 7.85. The van der Waals surface area contributed by atoms with Gasteiger partial charge >= 0.3 is 12.1 Å². The number of primary amides is 2. The Morgan fingerprint density at radius 1 is 0.757 bits per heavy atom. The number of amides is 4. The van der Waals surface area contributed by atoms with Crippen LogP contribution in [0.25, 0.3) is 44.5 Å². The highest BCUT2D eigenvalue weighted by molar-refractivity contribution is 6.12. The summed E-state index contributed by atoms with van der Waals surface area (Å²) in [4.78, 5) is 76.6. The van der Waals surface area contributed by atoms with Crippen molar-refractivity contribution in [3.05, 3.63) is 83.0 Å². The molecule has 0 unspecified atom stereocenters. The van der Waals surface area contributed by atoms with E-state index in [0.29, 0.717) is 82.0 Å². The standard InChI is InChI=1S/C47H55N13O10/c1-6-59-34(20-27(3)55-59)43-51-26-32-31-22-29(41(48)63)24-36(69-18-11-16-67-5)39(31)57(44(32)53-43)14-8-9-15-58-40-33(52-46(58)54-45(65)35-21-28(4)56-60(35)7-2)23-30(42(49)64)25-37(40)68-17-10-13-50-47(66)70-19-12-38(61)62/h8-9,20-26H,6-7,10-19H2,1-5H3,(H2,48,63)(H2,49,64)(H,50,66)(H,61,62)(H,52,54,65). The van der Waals surface area contributed by atoms with Crippen molar-refractivity contribution in [2.75, 3.05) is 45.4 Å². The molecule has 70 heavy (non-hydrogen) atoms. The lowest BCUT2D eigenvalue weighted by Crippen LogP contribution is -2.27. The summed E-state index contributed by atoms with van der Waals surface area (Å²) in [7, 11) is 1.61. The number of ether oxygens (including phenoxy) is 4. The molecule has 23 nitrogen and oxygen atoms in total. The van der Waals surface area contributed by atoms with E-state index < -0.39 is 29.8 Å². The Kier molecular flexibility index (Phi) is 15.7. The molecule has 23 heteroatoms. The topological polar surface area (TPSA) is 303 Å². The van der Waals surface area contributed by atoms with Gasteiger partial charge in [0, 0.05) is 81.0 Å². The summed E-state index contributed by atoms with van der Waals surface area (Å²) < 4.78 is 29.8. The molecule has 0 radical (unpaired) electrons. The van der Waals surface area contributed by atoms with Gasteiger partial charge in [-0.05, 0) is 70.5 Å². The van der Waals surface area contributed by atoms with Crippen molar-refractivity contribution < 1.29 is 48.0 Å². The maximum Gasteiger partial charge on any atom is 0.407 e. The minimum Gasteiger partial charge on any atom is -0.491 e. The van der Waals surface area contributed by atoms with E-state index in [1.54, 1.807) is 47.7 Å². The van der Waals surface area contributed by atoms with Crippen molar-refractivity contribution in [2.45, 2.75) is 73.1 Å². The number of nitrogens with one attached hydrogen (secondary N) is 2. The molecule has 2 aromatic carbocycles. The summed E-state index contributed by atoms with van der Waals surface area (Å²) in [5.74, 6) is -1.74. The van der Waals surface area contributed by atoms with Gasteiger partial charge in [0.05, 0.1) is 42.1 Å². The van der Waals surface area contributed by atoms with Crippen LogP contribution >= 0.6 is 0 Å². The first-order valence-corrected chi connectivity index (χ1v) is 22.6. The van der Waals surface area contributed by atoms with Gasteiger partial charge in [-0.2, -0.15) is 10.2 Å². The lowest BCUT2D eigenvalue weighted by atomic mass is 10.1. The van der Waals surface area contributed by atoms with E-state index in [-0.39, 0.29) is 75.1 Å². The summed E-state index contributed by atoms with van der Waals surface area (Å²) in [5, 5.41) is 24.6. The van der Waals surface area contributed by atoms with Gasteiger partial charge in [-0.15, -0.1) is 0 Å². The normalized spacial score (nSPS) is 11.5. The molecule has 7 aromatic rings. The van der Waals surface area contributed by atoms with Crippen molar-refractivity contribution in [3.63, 3.8) is 0 Å². The molecule has 0 spiro atoms. The first kappa shape index (κ1) is 49.6. The predicted octanol–water partition coefficient (Wildman–Crippen LogP) is 4.74. The number of nitrogens with zero attached hydrogens (tertiary/aromatic N) is 9. The summed E-state index contributed by atoms with van der Waals surface area (Å²) in [5.41, 5.74) is 16.4. The van der Waals surface area contributed by atoms with Gasteiger partial charge < -0.3 is 50.0 Å². The van der Waals surface area contributed by atoms with E-state index >= 15 is 0 Å².